The number of methoxy groups -OCH3 is 1. The first-order chi connectivity index (χ1) is 13.0. The second-order valence-corrected chi connectivity index (χ2v) is 7.40. The van der Waals surface area contributed by atoms with Gasteiger partial charge in [0.2, 0.25) is 0 Å². The number of pyridine rings is 1. The van der Waals surface area contributed by atoms with Gasteiger partial charge in [-0.25, -0.2) is 9.37 Å². The lowest BCUT2D eigenvalue weighted by molar-refractivity contribution is 0.388. The summed E-state index contributed by atoms with van der Waals surface area (Å²) in [5.41, 5.74) is 2.10. The number of hydrogen-bond acceptors (Lipinski definition) is 5. The number of aromatic nitrogens is 1. The standard InChI is InChI=1S/C14H14ClFIN4OP.2C2H6/c1-7-18-12-10(6-11(15)20-14(12)21(7)23-17)19-9-5-3-4-8(16)13(9)22-2;2*1-2/h3-7,18,23H,1-2H3,(H,19,20);2*1-2H3. The summed E-state index contributed by atoms with van der Waals surface area (Å²) < 4.78 is 21.1. The van der Waals surface area contributed by atoms with E-state index in [4.69, 9.17) is 16.3 Å². The Hall–Kier alpha value is -1.05. The van der Waals surface area contributed by atoms with Gasteiger partial charge in [0.1, 0.15) is 17.0 Å². The molecule has 0 amide bonds. The number of fused-ring (bicyclic) bond motifs is 1. The molecule has 0 fully saturated rings. The molecule has 5 nitrogen and oxygen atoms in total. The van der Waals surface area contributed by atoms with Gasteiger partial charge in [-0.2, -0.15) is 0 Å². The molecule has 2 aromatic rings. The largest absolute Gasteiger partial charge is 0.492 e. The van der Waals surface area contributed by atoms with E-state index in [2.05, 4.69) is 42.3 Å². The van der Waals surface area contributed by atoms with Crippen LogP contribution in [0.1, 0.15) is 34.6 Å². The molecule has 0 spiro atoms. The van der Waals surface area contributed by atoms with Crippen LogP contribution in [0.5, 0.6) is 5.75 Å². The van der Waals surface area contributed by atoms with Crippen LogP contribution in [0.4, 0.5) is 27.3 Å². The van der Waals surface area contributed by atoms with Gasteiger partial charge in [-0.15, -0.1) is 0 Å². The molecule has 1 aromatic carbocycles. The molecule has 3 rings (SSSR count). The van der Waals surface area contributed by atoms with Gasteiger partial charge in [0, 0.05) is 12.4 Å². The number of ether oxygens (including phenoxy) is 1. The number of hydrogen-bond donors (Lipinski definition) is 2. The van der Waals surface area contributed by atoms with E-state index < -0.39 is 5.82 Å². The van der Waals surface area contributed by atoms with Crippen molar-refractivity contribution in [1.29, 1.82) is 0 Å². The predicted octanol–water partition coefficient (Wildman–Crippen LogP) is 7.20. The van der Waals surface area contributed by atoms with Gasteiger partial charge < -0.3 is 20.0 Å². The zero-order valence-electron chi connectivity index (χ0n) is 16.3. The van der Waals surface area contributed by atoms with Crippen molar-refractivity contribution < 1.29 is 9.13 Å². The molecule has 9 heteroatoms. The maximum absolute atomic E-state index is 13.9. The zero-order valence-corrected chi connectivity index (χ0v) is 20.2. The monoisotopic (exact) mass is 526 g/mol. The summed E-state index contributed by atoms with van der Waals surface area (Å²) in [5, 5.41) is 6.94. The van der Waals surface area contributed by atoms with E-state index in [-0.39, 0.29) is 11.9 Å². The average Bonchev–Trinajstić information content (AvgIpc) is 3.00. The Morgan fingerprint density at radius 2 is 1.96 bits per heavy atom. The lowest BCUT2D eigenvalue weighted by atomic mass is 10.2. The minimum Gasteiger partial charge on any atom is -0.492 e. The third-order valence-corrected chi connectivity index (χ3v) is 6.00. The van der Waals surface area contributed by atoms with Crippen LogP contribution in [0.3, 0.4) is 0 Å². The fourth-order valence-corrected chi connectivity index (χ4v) is 5.03. The van der Waals surface area contributed by atoms with E-state index in [1.165, 1.54) is 13.2 Å². The molecule has 1 aliphatic heterocycles. The highest BCUT2D eigenvalue weighted by atomic mass is 127. The molecule has 2 heterocycles. The molecule has 0 aliphatic carbocycles. The number of benzene rings is 1. The number of halogens is 3. The third-order valence-electron chi connectivity index (χ3n) is 3.47. The summed E-state index contributed by atoms with van der Waals surface area (Å²) in [6.07, 6.45) is 0.635. The Kier molecular flexibility index (Phi) is 10.4. The van der Waals surface area contributed by atoms with Crippen molar-refractivity contribution in [1.82, 2.24) is 4.98 Å². The summed E-state index contributed by atoms with van der Waals surface area (Å²) >= 11 is 8.46. The molecular weight excluding hydrogens is 501 g/mol. The molecule has 1 aliphatic rings. The normalized spacial score (nSPS) is 14.6. The molecule has 2 N–H and O–H groups in total. The smallest absolute Gasteiger partial charge is 0.177 e. The second-order valence-electron chi connectivity index (χ2n) is 4.91. The minimum absolute atomic E-state index is 0.112. The van der Waals surface area contributed by atoms with Gasteiger partial charge in [-0.05, 0) is 41.1 Å². The lowest BCUT2D eigenvalue weighted by Gasteiger charge is -2.18. The first-order valence-electron chi connectivity index (χ1n) is 8.77. The molecule has 2 unspecified atom stereocenters. The topological polar surface area (TPSA) is 49.4 Å². The SMILES string of the molecule is CC.CC.COc1c(F)cccc1Nc1cc(Cl)nc2c1NC(C)N2PI. The highest BCUT2D eigenvalue weighted by Gasteiger charge is 2.29. The molecule has 27 heavy (non-hydrogen) atoms. The lowest BCUT2D eigenvalue weighted by Crippen LogP contribution is -2.24. The number of rotatable bonds is 4. The zero-order chi connectivity index (χ0) is 20.6. The molecule has 0 saturated carbocycles. The van der Waals surface area contributed by atoms with E-state index in [1.54, 1.807) is 18.2 Å². The molecule has 0 saturated heterocycles. The van der Waals surface area contributed by atoms with Crippen molar-refractivity contribution in [2.24, 2.45) is 0 Å². The van der Waals surface area contributed by atoms with Crippen LogP contribution in [0.2, 0.25) is 5.15 Å². The van der Waals surface area contributed by atoms with Gasteiger partial charge in [0.25, 0.3) is 0 Å². The molecular formula is C18H26ClFIN4OP. The van der Waals surface area contributed by atoms with E-state index in [9.17, 15) is 4.39 Å². The van der Waals surface area contributed by atoms with Crippen LogP contribution < -0.4 is 20.0 Å². The summed E-state index contributed by atoms with van der Waals surface area (Å²) in [6.45, 7) is 10.0. The number of para-hydroxylation sites is 1. The summed E-state index contributed by atoms with van der Waals surface area (Å²) in [5.74, 6) is 0.523. The van der Waals surface area contributed by atoms with Crippen LogP contribution >= 0.6 is 40.0 Å². The van der Waals surface area contributed by atoms with Gasteiger partial charge in [0.15, 0.2) is 17.4 Å². The van der Waals surface area contributed by atoms with Crippen molar-refractivity contribution in [3.8, 4) is 5.75 Å². The molecule has 0 bridgehead atoms. The van der Waals surface area contributed by atoms with E-state index >= 15 is 0 Å². The Bertz CT molecular complexity index is 754. The highest BCUT2D eigenvalue weighted by Crippen LogP contribution is 2.48. The first kappa shape index (κ1) is 24.0. The van der Waals surface area contributed by atoms with Crippen LogP contribution in [-0.4, -0.2) is 18.3 Å². The van der Waals surface area contributed by atoms with E-state index in [0.717, 1.165) is 17.2 Å². The first-order valence-corrected chi connectivity index (χ1v) is 13.2. The van der Waals surface area contributed by atoms with Crippen LogP contribution in [-0.2, 0) is 0 Å². The van der Waals surface area contributed by atoms with Gasteiger partial charge >= 0.3 is 0 Å². The Morgan fingerprint density at radius 1 is 1.30 bits per heavy atom. The van der Waals surface area contributed by atoms with Crippen molar-refractivity contribution >= 4 is 62.9 Å². The third kappa shape index (κ3) is 5.48. The maximum Gasteiger partial charge on any atom is 0.177 e. The highest BCUT2D eigenvalue weighted by molar-refractivity contribution is 14.2. The summed E-state index contributed by atoms with van der Waals surface area (Å²) in [6, 6.07) is 6.44. The average molecular weight is 527 g/mol. The van der Waals surface area contributed by atoms with Gasteiger partial charge in [-0.3, -0.25) is 0 Å². The number of nitrogens with one attached hydrogen (secondary N) is 2. The molecule has 150 valence electrons. The Labute approximate surface area is 180 Å². The van der Waals surface area contributed by atoms with Crippen LogP contribution in [0, 0.1) is 5.82 Å². The fourth-order valence-electron chi connectivity index (χ4n) is 2.45. The number of nitrogens with zero attached hydrogens (tertiary/aromatic N) is 2. The quantitative estimate of drug-likeness (QED) is 0.251. The van der Waals surface area contributed by atoms with E-state index in [1.807, 2.05) is 34.6 Å². The van der Waals surface area contributed by atoms with E-state index in [0.29, 0.717) is 17.2 Å². The molecule has 2 atom stereocenters. The summed E-state index contributed by atoms with van der Waals surface area (Å²) in [4.78, 5) is 4.40. The Morgan fingerprint density at radius 3 is 2.56 bits per heavy atom. The minimum atomic E-state index is -0.425. The van der Waals surface area contributed by atoms with Crippen LogP contribution in [0.15, 0.2) is 24.3 Å². The number of anilines is 4. The fraction of sp³-hybridized carbons (Fsp3) is 0.389. The predicted molar refractivity (Wildman–Crippen MR) is 126 cm³/mol. The summed E-state index contributed by atoms with van der Waals surface area (Å²) in [7, 11) is 1.44. The second kappa shape index (κ2) is 11.7. The van der Waals surface area contributed by atoms with Gasteiger partial charge in [-0.1, -0.05) is 45.4 Å². The van der Waals surface area contributed by atoms with Crippen molar-refractivity contribution in [3.63, 3.8) is 0 Å². The Balaban J connectivity index is 0.000000855. The van der Waals surface area contributed by atoms with Crippen molar-refractivity contribution in [2.75, 3.05) is 22.4 Å². The van der Waals surface area contributed by atoms with Crippen LogP contribution in [0.25, 0.3) is 0 Å². The maximum atomic E-state index is 13.9. The van der Waals surface area contributed by atoms with Crippen molar-refractivity contribution in [2.45, 2.75) is 40.8 Å². The van der Waals surface area contributed by atoms with Gasteiger partial charge in [0.05, 0.1) is 18.5 Å². The van der Waals surface area contributed by atoms with Crippen molar-refractivity contribution in [3.05, 3.63) is 35.2 Å². The molecule has 0 radical (unpaired) electrons. The molecule has 1 aromatic heterocycles.